The van der Waals surface area contributed by atoms with Gasteiger partial charge in [-0.3, -0.25) is 9.36 Å². The molecular formula is C12H14BrN3O2S2. The van der Waals surface area contributed by atoms with Crippen LogP contribution in [0.2, 0.25) is 0 Å². The molecule has 0 amide bonds. The second-order valence-electron chi connectivity index (χ2n) is 4.25. The van der Waals surface area contributed by atoms with Crippen molar-refractivity contribution in [2.75, 3.05) is 17.8 Å². The summed E-state index contributed by atoms with van der Waals surface area (Å²) in [6.45, 7) is 2.09. The molecule has 2 aromatic rings. The molecule has 1 unspecified atom stereocenters. The normalized spacial score (nSPS) is 12.8. The first-order valence-corrected chi connectivity index (χ1v) is 9.07. The predicted molar refractivity (Wildman–Crippen MR) is 86.7 cm³/mol. The SMILES string of the molecule is CSCC(C)n1c(SCC(=O)O)nc2cc(Br)cnc21. The van der Waals surface area contributed by atoms with E-state index in [1.165, 1.54) is 11.8 Å². The van der Waals surface area contributed by atoms with Gasteiger partial charge in [-0.25, -0.2) is 9.97 Å². The van der Waals surface area contributed by atoms with Gasteiger partial charge >= 0.3 is 5.97 Å². The fourth-order valence-corrected chi connectivity index (χ4v) is 3.65. The van der Waals surface area contributed by atoms with Crippen molar-refractivity contribution in [2.24, 2.45) is 0 Å². The zero-order valence-electron chi connectivity index (χ0n) is 11.0. The van der Waals surface area contributed by atoms with Gasteiger partial charge in [-0.1, -0.05) is 11.8 Å². The number of hydrogen-bond acceptors (Lipinski definition) is 5. The number of fused-ring (bicyclic) bond motifs is 1. The van der Waals surface area contributed by atoms with Crippen LogP contribution in [0.25, 0.3) is 11.2 Å². The van der Waals surface area contributed by atoms with E-state index >= 15 is 0 Å². The summed E-state index contributed by atoms with van der Waals surface area (Å²) in [4.78, 5) is 19.7. The van der Waals surface area contributed by atoms with Crippen molar-refractivity contribution < 1.29 is 9.90 Å². The summed E-state index contributed by atoms with van der Waals surface area (Å²) >= 11 is 6.35. The van der Waals surface area contributed by atoms with E-state index in [0.29, 0.717) is 5.16 Å². The number of hydrogen-bond donors (Lipinski definition) is 1. The van der Waals surface area contributed by atoms with Crippen molar-refractivity contribution in [3.05, 3.63) is 16.7 Å². The first-order chi connectivity index (χ1) is 9.52. The third kappa shape index (κ3) is 3.48. The first-order valence-electron chi connectivity index (χ1n) is 5.90. The molecule has 0 aliphatic rings. The molecule has 0 aromatic carbocycles. The fourth-order valence-electron chi connectivity index (χ4n) is 1.88. The van der Waals surface area contributed by atoms with Crippen LogP contribution in [0.5, 0.6) is 0 Å². The van der Waals surface area contributed by atoms with E-state index in [4.69, 9.17) is 5.11 Å². The number of aliphatic carboxylic acids is 1. The minimum atomic E-state index is -0.847. The van der Waals surface area contributed by atoms with Gasteiger partial charge in [-0.05, 0) is 35.2 Å². The number of carbonyl (C=O) groups is 1. The molecule has 2 heterocycles. The standard InChI is InChI=1S/C12H14BrN3O2S2/c1-7(5-19-2)16-11-9(3-8(13)4-14-11)15-12(16)20-6-10(17)18/h3-4,7H,5-6H2,1-2H3,(H,17,18). The summed E-state index contributed by atoms with van der Waals surface area (Å²) in [5, 5.41) is 9.54. The van der Waals surface area contributed by atoms with Crippen LogP contribution in [0.4, 0.5) is 0 Å². The summed E-state index contributed by atoms with van der Waals surface area (Å²) < 4.78 is 2.88. The minimum absolute atomic E-state index is 0.00349. The lowest BCUT2D eigenvalue weighted by Gasteiger charge is -2.15. The third-order valence-electron chi connectivity index (χ3n) is 2.64. The average Bonchev–Trinajstić information content (AvgIpc) is 2.74. The van der Waals surface area contributed by atoms with Gasteiger partial charge < -0.3 is 5.11 Å². The molecule has 8 heteroatoms. The largest absolute Gasteiger partial charge is 0.481 e. The van der Waals surface area contributed by atoms with Gasteiger partial charge in [0.05, 0.1) is 5.75 Å². The lowest BCUT2D eigenvalue weighted by Crippen LogP contribution is -2.10. The van der Waals surface area contributed by atoms with E-state index in [9.17, 15) is 4.79 Å². The summed E-state index contributed by atoms with van der Waals surface area (Å²) in [5.74, 6) is 0.0700. The van der Waals surface area contributed by atoms with E-state index < -0.39 is 5.97 Å². The number of carboxylic acids is 1. The summed E-state index contributed by atoms with van der Waals surface area (Å²) in [5.41, 5.74) is 1.57. The Hall–Kier alpha value is -0.730. The molecule has 0 bridgehead atoms. The van der Waals surface area contributed by atoms with Crippen molar-refractivity contribution in [1.29, 1.82) is 0 Å². The molecule has 0 spiro atoms. The second kappa shape index (κ2) is 6.82. The minimum Gasteiger partial charge on any atom is -0.481 e. The maximum atomic E-state index is 10.8. The summed E-state index contributed by atoms with van der Waals surface area (Å²) in [7, 11) is 0. The van der Waals surface area contributed by atoms with Crippen molar-refractivity contribution in [3.63, 3.8) is 0 Å². The number of nitrogens with zero attached hydrogens (tertiary/aromatic N) is 3. The number of imidazole rings is 1. The summed E-state index contributed by atoms with van der Waals surface area (Å²) in [6, 6.07) is 2.11. The van der Waals surface area contributed by atoms with Gasteiger partial charge in [-0.15, -0.1) is 0 Å². The highest BCUT2D eigenvalue weighted by molar-refractivity contribution is 9.10. The molecule has 108 valence electrons. The Kier molecular flexibility index (Phi) is 5.34. The van der Waals surface area contributed by atoms with Crippen LogP contribution in [0.15, 0.2) is 21.9 Å². The van der Waals surface area contributed by atoms with E-state index in [1.54, 1.807) is 18.0 Å². The number of halogens is 1. The maximum absolute atomic E-state index is 10.8. The van der Waals surface area contributed by atoms with Crippen molar-refractivity contribution in [2.45, 2.75) is 18.1 Å². The van der Waals surface area contributed by atoms with E-state index in [1.807, 2.05) is 16.9 Å². The van der Waals surface area contributed by atoms with Gasteiger partial charge in [0.1, 0.15) is 5.52 Å². The van der Waals surface area contributed by atoms with Crippen LogP contribution < -0.4 is 0 Å². The van der Waals surface area contributed by atoms with Gasteiger partial charge in [0.2, 0.25) is 0 Å². The highest BCUT2D eigenvalue weighted by Crippen LogP contribution is 2.29. The molecule has 20 heavy (non-hydrogen) atoms. The van der Waals surface area contributed by atoms with Crippen LogP contribution in [-0.2, 0) is 4.79 Å². The molecular weight excluding hydrogens is 362 g/mol. The Morgan fingerprint density at radius 2 is 2.35 bits per heavy atom. The number of carboxylic acid groups (broad SMARTS) is 1. The average molecular weight is 376 g/mol. The topological polar surface area (TPSA) is 68.0 Å². The smallest absolute Gasteiger partial charge is 0.313 e. The third-order valence-corrected chi connectivity index (χ3v) is 4.82. The lowest BCUT2D eigenvalue weighted by molar-refractivity contribution is -0.133. The molecule has 0 saturated heterocycles. The monoisotopic (exact) mass is 375 g/mol. The molecule has 0 aliphatic carbocycles. The molecule has 0 radical (unpaired) electrons. The zero-order valence-corrected chi connectivity index (χ0v) is 14.3. The molecule has 2 aromatic heterocycles. The number of aromatic nitrogens is 3. The van der Waals surface area contributed by atoms with E-state index in [2.05, 4.69) is 32.8 Å². The predicted octanol–water partition coefficient (Wildman–Crippen LogP) is 3.29. The van der Waals surface area contributed by atoms with Crippen molar-refractivity contribution in [1.82, 2.24) is 14.5 Å². The quantitative estimate of drug-likeness (QED) is 0.781. The number of pyridine rings is 1. The Balaban J connectivity index is 2.47. The molecule has 0 saturated carbocycles. The highest BCUT2D eigenvalue weighted by atomic mass is 79.9. The maximum Gasteiger partial charge on any atom is 0.313 e. The van der Waals surface area contributed by atoms with E-state index in [-0.39, 0.29) is 11.8 Å². The molecule has 2 rings (SSSR count). The van der Waals surface area contributed by atoms with Crippen molar-refractivity contribution in [3.8, 4) is 0 Å². The number of thioether (sulfide) groups is 2. The number of rotatable bonds is 6. The van der Waals surface area contributed by atoms with Crippen LogP contribution in [0.1, 0.15) is 13.0 Å². The van der Waals surface area contributed by atoms with Crippen molar-refractivity contribution >= 4 is 56.6 Å². The molecule has 1 N–H and O–H groups in total. The van der Waals surface area contributed by atoms with Gasteiger partial charge in [0.25, 0.3) is 0 Å². The zero-order chi connectivity index (χ0) is 14.7. The molecule has 0 fully saturated rings. The second-order valence-corrected chi connectivity index (χ2v) is 7.02. The van der Waals surface area contributed by atoms with Gasteiger partial charge in [0, 0.05) is 22.5 Å². The van der Waals surface area contributed by atoms with Gasteiger partial charge in [-0.2, -0.15) is 11.8 Å². The molecule has 5 nitrogen and oxygen atoms in total. The Morgan fingerprint density at radius 3 is 3.00 bits per heavy atom. The molecule has 0 aliphatic heterocycles. The van der Waals surface area contributed by atoms with Crippen LogP contribution in [0, 0.1) is 0 Å². The van der Waals surface area contributed by atoms with Gasteiger partial charge in [0.15, 0.2) is 10.8 Å². The molecule has 1 atom stereocenters. The van der Waals surface area contributed by atoms with Crippen LogP contribution in [0.3, 0.4) is 0 Å². The summed E-state index contributed by atoms with van der Waals surface area (Å²) in [6.07, 6.45) is 3.78. The van der Waals surface area contributed by atoms with E-state index in [0.717, 1.165) is 21.4 Å². The Bertz CT molecular complexity index is 632. The van der Waals surface area contributed by atoms with Crippen LogP contribution in [-0.4, -0.2) is 43.4 Å². The lowest BCUT2D eigenvalue weighted by atomic mass is 10.4. The Morgan fingerprint density at radius 1 is 1.60 bits per heavy atom. The Labute approximate surface area is 133 Å². The fraction of sp³-hybridized carbons (Fsp3) is 0.417. The van der Waals surface area contributed by atoms with Crippen LogP contribution >= 0.6 is 39.5 Å². The first kappa shape index (κ1) is 15.7. The highest BCUT2D eigenvalue weighted by Gasteiger charge is 2.18.